The zero-order chi connectivity index (χ0) is 20.0. The van der Waals surface area contributed by atoms with E-state index in [1.807, 2.05) is 10.6 Å². The summed E-state index contributed by atoms with van der Waals surface area (Å²) in [5.41, 5.74) is 13.9. The first-order chi connectivity index (χ1) is 14.1. The van der Waals surface area contributed by atoms with Gasteiger partial charge in [0.1, 0.15) is 11.8 Å². The van der Waals surface area contributed by atoms with Crippen LogP contribution in [0.25, 0.3) is 33.3 Å². The van der Waals surface area contributed by atoms with Gasteiger partial charge in [0.15, 0.2) is 11.5 Å². The van der Waals surface area contributed by atoms with Gasteiger partial charge < -0.3 is 10.3 Å². The second-order valence-corrected chi connectivity index (χ2v) is 7.26. The first-order valence-electron chi connectivity index (χ1n) is 9.48. The molecule has 0 spiro atoms. The quantitative estimate of drug-likeness (QED) is 0.505. The fraction of sp³-hybridized carbons (Fsp3) is 0.130. The van der Waals surface area contributed by atoms with Crippen LogP contribution in [-0.4, -0.2) is 24.5 Å². The SMILES string of the molecule is Cc1ccccc1-c1nc2c(C)cccc2cc1Cn1cnc2c(N)ncnc21. The van der Waals surface area contributed by atoms with Crippen molar-refractivity contribution >= 4 is 27.9 Å². The average Bonchev–Trinajstić information content (AvgIpc) is 3.13. The van der Waals surface area contributed by atoms with Gasteiger partial charge in [-0.15, -0.1) is 0 Å². The van der Waals surface area contributed by atoms with Crippen molar-refractivity contribution < 1.29 is 0 Å². The number of nitrogens with zero attached hydrogens (tertiary/aromatic N) is 5. The van der Waals surface area contributed by atoms with E-state index in [0.29, 0.717) is 17.9 Å². The normalized spacial score (nSPS) is 11.4. The van der Waals surface area contributed by atoms with Crippen LogP contribution in [-0.2, 0) is 6.54 Å². The van der Waals surface area contributed by atoms with Crippen molar-refractivity contribution in [1.29, 1.82) is 0 Å². The lowest BCUT2D eigenvalue weighted by molar-refractivity contribution is 0.812. The lowest BCUT2D eigenvalue weighted by atomic mass is 9.98. The van der Waals surface area contributed by atoms with Crippen molar-refractivity contribution in [1.82, 2.24) is 24.5 Å². The maximum absolute atomic E-state index is 5.96. The second kappa shape index (κ2) is 6.67. The molecule has 0 unspecified atom stereocenters. The molecule has 0 bridgehead atoms. The minimum Gasteiger partial charge on any atom is -0.382 e. The Morgan fingerprint density at radius 3 is 2.59 bits per heavy atom. The lowest BCUT2D eigenvalue weighted by Crippen LogP contribution is -2.04. The Morgan fingerprint density at radius 2 is 1.72 bits per heavy atom. The molecule has 6 heteroatoms. The van der Waals surface area contributed by atoms with Crippen LogP contribution in [0.2, 0.25) is 0 Å². The number of anilines is 1. The summed E-state index contributed by atoms with van der Waals surface area (Å²) in [6.07, 6.45) is 3.23. The van der Waals surface area contributed by atoms with Gasteiger partial charge in [0, 0.05) is 10.9 Å². The topological polar surface area (TPSA) is 82.5 Å². The van der Waals surface area contributed by atoms with Gasteiger partial charge in [0.2, 0.25) is 0 Å². The summed E-state index contributed by atoms with van der Waals surface area (Å²) in [6.45, 7) is 4.80. The molecule has 0 atom stereocenters. The summed E-state index contributed by atoms with van der Waals surface area (Å²) in [5.74, 6) is 0.389. The number of aromatic nitrogens is 5. The molecule has 0 aliphatic carbocycles. The highest BCUT2D eigenvalue weighted by molar-refractivity contribution is 5.86. The summed E-state index contributed by atoms with van der Waals surface area (Å²) in [4.78, 5) is 17.9. The third-order valence-electron chi connectivity index (χ3n) is 5.30. The number of imidazole rings is 1. The first-order valence-corrected chi connectivity index (χ1v) is 9.48. The summed E-state index contributed by atoms with van der Waals surface area (Å²) in [5, 5.41) is 1.12. The molecule has 5 rings (SSSR count). The molecule has 0 aliphatic heterocycles. The van der Waals surface area contributed by atoms with Crippen molar-refractivity contribution in [3.8, 4) is 11.3 Å². The molecule has 6 nitrogen and oxygen atoms in total. The van der Waals surface area contributed by atoms with Gasteiger partial charge in [0.05, 0.1) is 24.1 Å². The van der Waals surface area contributed by atoms with Gasteiger partial charge in [-0.05, 0) is 36.6 Å². The van der Waals surface area contributed by atoms with Crippen molar-refractivity contribution in [2.45, 2.75) is 20.4 Å². The number of fused-ring (bicyclic) bond motifs is 2. The number of nitrogen functional groups attached to an aromatic ring is 1. The Labute approximate surface area is 168 Å². The predicted molar refractivity (Wildman–Crippen MR) is 115 cm³/mol. The maximum Gasteiger partial charge on any atom is 0.165 e. The van der Waals surface area contributed by atoms with E-state index in [0.717, 1.165) is 38.9 Å². The van der Waals surface area contributed by atoms with E-state index in [4.69, 9.17) is 10.7 Å². The summed E-state index contributed by atoms with van der Waals surface area (Å²) in [7, 11) is 0. The van der Waals surface area contributed by atoms with Crippen molar-refractivity contribution in [3.63, 3.8) is 0 Å². The van der Waals surface area contributed by atoms with Crippen LogP contribution in [0.4, 0.5) is 5.82 Å². The lowest BCUT2D eigenvalue weighted by Gasteiger charge is -2.14. The number of pyridine rings is 1. The molecule has 0 saturated heterocycles. The highest BCUT2D eigenvalue weighted by atomic mass is 15.1. The van der Waals surface area contributed by atoms with Gasteiger partial charge in [-0.3, -0.25) is 0 Å². The van der Waals surface area contributed by atoms with Crippen molar-refractivity contribution in [2.24, 2.45) is 0 Å². The van der Waals surface area contributed by atoms with E-state index in [1.165, 1.54) is 11.9 Å². The Morgan fingerprint density at radius 1 is 0.897 bits per heavy atom. The Balaban J connectivity index is 1.74. The van der Waals surface area contributed by atoms with Gasteiger partial charge in [-0.25, -0.2) is 19.9 Å². The molecule has 0 saturated carbocycles. The van der Waals surface area contributed by atoms with Crippen LogP contribution >= 0.6 is 0 Å². The van der Waals surface area contributed by atoms with Gasteiger partial charge in [-0.2, -0.15) is 0 Å². The molecule has 5 aromatic rings. The van der Waals surface area contributed by atoms with Gasteiger partial charge in [-0.1, -0.05) is 42.5 Å². The molecule has 0 aliphatic rings. The Bertz CT molecular complexity index is 1370. The van der Waals surface area contributed by atoms with Crippen LogP contribution in [0, 0.1) is 13.8 Å². The van der Waals surface area contributed by atoms with Crippen molar-refractivity contribution in [2.75, 3.05) is 5.73 Å². The van der Waals surface area contributed by atoms with E-state index in [9.17, 15) is 0 Å². The Hall–Kier alpha value is -3.80. The molecule has 0 fully saturated rings. The number of hydrogen-bond acceptors (Lipinski definition) is 5. The fourth-order valence-corrected chi connectivity index (χ4v) is 3.78. The maximum atomic E-state index is 5.96. The molecular weight excluding hydrogens is 360 g/mol. The zero-order valence-electron chi connectivity index (χ0n) is 16.3. The summed E-state index contributed by atoms with van der Waals surface area (Å²) in [6, 6.07) is 16.8. The number of benzene rings is 2. The van der Waals surface area contributed by atoms with E-state index in [1.54, 1.807) is 6.33 Å². The summed E-state index contributed by atoms with van der Waals surface area (Å²) >= 11 is 0. The second-order valence-electron chi connectivity index (χ2n) is 7.26. The van der Waals surface area contributed by atoms with Crippen LogP contribution in [0.5, 0.6) is 0 Å². The molecule has 2 aromatic carbocycles. The summed E-state index contributed by atoms with van der Waals surface area (Å²) < 4.78 is 1.99. The standard InChI is InChI=1S/C23H20N6/c1-14-6-3-4-9-18(14)20-17(10-16-8-5-7-15(2)19(16)28-20)11-29-13-27-21-22(24)25-12-26-23(21)29/h3-10,12-13H,11H2,1-2H3,(H2,24,25,26). The van der Waals surface area contributed by atoms with Gasteiger partial charge >= 0.3 is 0 Å². The fourth-order valence-electron chi connectivity index (χ4n) is 3.78. The molecule has 142 valence electrons. The minimum atomic E-state index is 0.389. The monoisotopic (exact) mass is 380 g/mol. The molecule has 3 heterocycles. The van der Waals surface area contributed by atoms with Crippen LogP contribution in [0.1, 0.15) is 16.7 Å². The highest BCUT2D eigenvalue weighted by Gasteiger charge is 2.15. The van der Waals surface area contributed by atoms with Crippen molar-refractivity contribution in [3.05, 3.63) is 77.9 Å². The third kappa shape index (κ3) is 2.89. The Kier molecular flexibility index (Phi) is 3.98. The largest absolute Gasteiger partial charge is 0.382 e. The molecule has 0 radical (unpaired) electrons. The number of nitrogens with two attached hydrogens (primary N) is 1. The molecule has 2 N–H and O–H groups in total. The van der Waals surface area contributed by atoms with Crippen LogP contribution in [0.3, 0.4) is 0 Å². The molecular formula is C23H20N6. The van der Waals surface area contributed by atoms with Gasteiger partial charge in [0.25, 0.3) is 0 Å². The van der Waals surface area contributed by atoms with Crippen LogP contribution in [0.15, 0.2) is 61.2 Å². The van der Waals surface area contributed by atoms with Crippen LogP contribution < -0.4 is 5.73 Å². The number of rotatable bonds is 3. The molecule has 0 amide bonds. The third-order valence-corrected chi connectivity index (χ3v) is 5.30. The smallest absolute Gasteiger partial charge is 0.165 e. The number of aryl methyl sites for hydroxylation is 2. The highest BCUT2D eigenvalue weighted by Crippen LogP contribution is 2.30. The minimum absolute atomic E-state index is 0.389. The average molecular weight is 380 g/mol. The van der Waals surface area contributed by atoms with E-state index < -0.39 is 0 Å². The van der Waals surface area contributed by atoms with E-state index >= 15 is 0 Å². The number of para-hydroxylation sites is 1. The van der Waals surface area contributed by atoms with E-state index in [-0.39, 0.29) is 0 Å². The van der Waals surface area contributed by atoms with E-state index in [2.05, 4.69) is 71.3 Å². The first kappa shape index (κ1) is 17.3. The zero-order valence-corrected chi connectivity index (χ0v) is 16.3. The molecule has 29 heavy (non-hydrogen) atoms. The predicted octanol–water partition coefficient (Wildman–Crippen LogP) is 4.29. The number of hydrogen-bond donors (Lipinski definition) is 1. The molecule has 3 aromatic heterocycles.